The molecule has 0 unspecified atom stereocenters. The molecule has 2 aromatic carbocycles. The van der Waals surface area contributed by atoms with Crippen LogP contribution >= 0.6 is 0 Å². The summed E-state index contributed by atoms with van der Waals surface area (Å²) in [6.45, 7) is 6.94. The lowest BCUT2D eigenvalue weighted by atomic mass is 10.1. The van der Waals surface area contributed by atoms with Crippen molar-refractivity contribution >= 4 is 17.5 Å². The smallest absolute Gasteiger partial charge is 0.238 e. The van der Waals surface area contributed by atoms with Crippen molar-refractivity contribution < 1.29 is 23.8 Å². The van der Waals surface area contributed by atoms with Crippen molar-refractivity contribution in [1.29, 1.82) is 0 Å². The minimum Gasteiger partial charge on any atom is -0.493 e. The quantitative estimate of drug-likeness (QED) is 0.608. The van der Waals surface area contributed by atoms with Crippen molar-refractivity contribution in [1.82, 2.24) is 9.80 Å². The molecule has 34 heavy (non-hydrogen) atoms. The van der Waals surface area contributed by atoms with Gasteiger partial charge in [-0.05, 0) is 55.2 Å². The standard InChI is InChI=1S/C26H35N3O5/c1-18-7-6-8-21(19(18)2)27-24(30)17-28-11-13-29(14-12-28)25(31)10-9-20-15-22(32-3)26(34-5)23(16-20)33-4/h6-8,15-16H,9-14,17H2,1-5H3,(H,27,30). The number of hydrogen-bond donors (Lipinski definition) is 1. The highest BCUT2D eigenvalue weighted by atomic mass is 16.5. The van der Waals surface area contributed by atoms with E-state index < -0.39 is 0 Å². The summed E-state index contributed by atoms with van der Waals surface area (Å²) in [4.78, 5) is 29.2. The van der Waals surface area contributed by atoms with Gasteiger partial charge in [0, 0.05) is 38.3 Å². The maximum absolute atomic E-state index is 12.8. The molecule has 8 nitrogen and oxygen atoms in total. The van der Waals surface area contributed by atoms with Crippen LogP contribution in [0.2, 0.25) is 0 Å². The molecular weight excluding hydrogens is 434 g/mol. The molecular formula is C26H35N3O5. The fourth-order valence-corrected chi connectivity index (χ4v) is 4.12. The normalized spacial score (nSPS) is 14.0. The predicted octanol–water partition coefficient (Wildman–Crippen LogP) is 3.04. The largest absolute Gasteiger partial charge is 0.493 e. The maximum atomic E-state index is 12.8. The van der Waals surface area contributed by atoms with Crippen LogP contribution in [0.3, 0.4) is 0 Å². The predicted molar refractivity (Wildman–Crippen MR) is 132 cm³/mol. The van der Waals surface area contributed by atoms with Gasteiger partial charge in [0.05, 0.1) is 27.9 Å². The Labute approximate surface area is 201 Å². The first-order valence-electron chi connectivity index (χ1n) is 11.5. The molecule has 2 aromatic rings. The van der Waals surface area contributed by atoms with Crippen LogP contribution in [0.5, 0.6) is 17.2 Å². The number of hydrogen-bond acceptors (Lipinski definition) is 6. The summed E-state index contributed by atoms with van der Waals surface area (Å²) < 4.78 is 16.2. The zero-order valence-electron chi connectivity index (χ0n) is 20.8. The number of anilines is 1. The molecule has 3 rings (SSSR count). The van der Waals surface area contributed by atoms with Crippen LogP contribution < -0.4 is 19.5 Å². The van der Waals surface area contributed by atoms with Gasteiger partial charge in [0.15, 0.2) is 11.5 Å². The van der Waals surface area contributed by atoms with Crippen molar-refractivity contribution in [2.45, 2.75) is 26.7 Å². The third-order valence-corrected chi connectivity index (χ3v) is 6.32. The zero-order valence-corrected chi connectivity index (χ0v) is 20.8. The number of benzene rings is 2. The van der Waals surface area contributed by atoms with E-state index in [9.17, 15) is 9.59 Å². The minimum atomic E-state index is -0.0316. The van der Waals surface area contributed by atoms with Crippen LogP contribution in [0.4, 0.5) is 5.69 Å². The van der Waals surface area contributed by atoms with Gasteiger partial charge in [0.2, 0.25) is 17.6 Å². The van der Waals surface area contributed by atoms with Crippen LogP contribution in [0.15, 0.2) is 30.3 Å². The van der Waals surface area contributed by atoms with Crippen molar-refractivity contribution in [2.24, 2.45) is 0 Å². The number of amides is 2. The Bertz CT molecular complexity index is 990. The fraction of sp³-hybridized carbons (Fsp3) is 0.462. The topological polar surface area (TPSA) is 80.3 Å². The molecule has 0 radical (unpaired) electrons. The Kier molecular flexibility index (Phi) is 8.76. The number of nitrogens with zero attached hydrogens (tertiary/aromatic N) is 2. The molecule has 184 valence electrons. The van der Waals surface area contributed by atoms with Gasteiger partial charge in [-0.25, -0.2) is 0 Å². The van der Waals surface area contributed by atoms with Crippen LogP contribution in [-0.4, -0.2) is 75.7 Å². The van der Waals surface area contributed by atoms with Crippen LogP contribution in [0.1, 0.15) is 23.1 Å². The van der Waals surface area contributed by atoms with E-state index >= 15 is 0 Å². The van der Waals surface area contributed by atoms with Gasteiger partial charge in [-0.1, -0.05) is 12.1 Å². The fourth-order valence-electron chi connectivity index (χ4n) is 4.12. The van der Waals surface area contributed by atoms with Crippen LogP contribution in [0, 0.1) is 13.8 Å². The molecule has 2 amide bonds. The third-order valence-electron chi connectivity index (χ3n) is 6.32. The van der Waals surface area contributed by atoms with E-state index in [1.807, 2.05) is 49.1 Å². The molecule has 0 atom stereocenters. The van der Waals surface area contributed by atoms with E-state index in [0.29, 0.717) is 62.8 Å². The molecule has 8 heteroatoms. The first-order chi connectivity index (χ1) is 16.4. The number of nitrogens with one attached hydrogen (secondary N) is 1. The highest BCUT2D eigenvalue weighted by Crippen LogP contribution is 2.38. The summed E-state index contributed by atoms with van der Waals surface area (Å²) in [5.74, 6) is 1.77. The molecule has 1 N–H and O–H groups in total. The molecule has 1 aliphatic heterocycles. The minimum absolute atomic E-state index is 0.0316. The molecule has 1 saturated heterocycles. The second-order valence-electron chi connectivity index (χ2n) is 8.49. The van der Waals surface area contributed by atoms with E-state index in [4.69, 9.17) is 14.2 Å². The average molecular weight is 470 g/mol. The number of carbonyl (C=O) groups excluding carboxylic acids is 2. The average Bonchev–Trinajstić information content (AvgIpc) is 2.85. The first kappa shape index (κ1) is 25.4. The molecule has 1 fully saturated rings. The molecule has 0 bridgehead atoms. The van der Waals surface area contributed by atoms with Crippen molar-refractivity contribution in [3.63, 3.8) is 0 Å². The molecule has 0 saturated carbocycles. The Balaban J connectivity index is 1.47. The van der Waals surface area contributed by atoms with Gasteiger partial charge in [-0.15, -0.1) is 0 Å². The molecule has 0 aliphatic carbocycles. The van der Waals surface area contributed by atoms with Gasteiger partial charge in [-0.3, -0.25) is 14.5 Å². The molecule has 0 aromatic heterocycles. The number of carbonyl (C=O) groups is 2. The molecule has 1 heterocycles. The number of aryl methyl sites for hydroxylation is 2. The summed E-state index contributed by atoms with van der Waals surface area (Å²) in [6, 6.07) is 9.65. The van der Waals surface area contributed by atoms with Gasteiger partial charge < -0.3 is 24.4 Å². The molecule has 0 spiro atoms. The molecule has 1 aliphatic rings. The van der Waals surface area contributed by atoms with Gasteiger partial charge in [0.1, 0.15) is 0 Å². The summed E-state index contributed by atoms with van der Waals surface area (Å²) in [5, 5.41) is 3.01. The zero-order chi connectivity index (χ0) is 24.7. The summed E-state index contributed by atoms with van der Waals surface area (Å²) in [5.41, 5.74) is 4.03. The van der Waals surface area contributed by atoms with Gasteiger partial charge in [0.25, 0.3) is 0 Å². The van der Waals surface area contributed by atoms with E-state index in [1.54, 1.807) is 21.3 Å². The number of piperazine rings is 1. The van der Waals surface area contributed by atoms with Gasteiger partial charge >= 0.3 is 0 Å². The van der Waals surface area contributed by atoms with Crippen LogP contribution in [0.25, 0.3) is 0 Å². The third kappa shape index (κ3) is 6.20. The Morgan fingerprint density at radius 2 is 1.59 bits per heavy atom. The highest BCUT2D eigenvalue weighted by molar-refractivity contribution is 5.93. The van der Waals surface area contributed by atoms with Crippen molar-refractivity contribution in [3.05, 3.63) is 47.0 Å². The first-order valence-corrected chi connectivity index (χ1v) is 11.5. The summed E-state index contributed by atoms with van der Waals surface area (Å²) in [7, 11) is 4.72. The lowest BCUT2D eigenvalue weighted by Gasteiger charge is -2.34. The van der Waals surface area contributed by atoms with E-state index in [-0.39, 0.29) is 11.8 Å². The second kappa shape index (κ2) is 11.7. The van der Waals surface area contributed by atoms with E-state index in [1.165, 1.54) is 0 Å². The number of ether oxygens (including phenoxy) is 3. The Morgan fingerprint density at radius 1 is 0.941 bits per heavy atom. The highest BCUT2D eigenvalue weighted by Gasteiger charge is 2.23. The lowest BCUT2D eigenvalue weighted by molar-refractivity contribution is -0.133. The van der Waals surface area contributed by atoms with E-state index in [2.05, 4.69) is 10.2 Å². The Morgan fingerprint density at radius 3 is 2.18 bits per heavy atom. The monoisotopic (exact) mass is 469 g/mol. The summed E-state index contributed by atoms with van der Waals surface area (Å²) in [6.07, 6.45) is 0.972. The summed E-state index contributed by atoms with van der Waals surface area (Å²) >= 11 is 0. The second-order valence-corrected chi connectivity index (χ2v) is 8.49. The van der Waals surface area contributed by atoms with Gasteiger partial charge in [-0.2, -0.15) is 0 Å². The van der Waals surface area contributed by atoms with Crippen molar-refractivity contribution in [3.8, 4) is 17.2 Å². The van der Waals surface area contributed by atoms with Crippen molar-refractivity contribution in [2.75, 3.05) is 59.4 Å². The Hall–Kier alpha value is -3.26. The van der Waals surface area contributed by atoms with Crippen LogP contribution in [-0.2, 0) is 16.0 Å². The number of methoxy groups -OCH3 is 3. The maximum Gasteiger partial charge on any atom is 0.238 e. The SMILES string of the molecule is COc1cc(CCC(=O)N2CCN(CC(=O)Nc3cccc(C)c3C)CC2)cc(OC)c1OC. The number of rotatable bonds is 9. The van der Waals surface area contributed by atoms with E-state index in [0.717, 1.165) is 22.4 Å². The lowest BCUT2D eigenvalue weighted by Crippen LogP contribution is -2.50.